The van der Waals surface area contributed by atoms with Crippen LogP contribution in [0.4, 0.5) is 0 Å². The molecule has 0 atom stereocenters. The van der Waals surface area contributed by atoms with Crippen LogP contribution in [0, 0.1) is 8.99 Å². The van der Waals surface area contributed by atoms with Gasteiger partial charge in [-0.1, -0.05) is 25.5 Å². The molecule has 0 saturated carbocycles. The first-order chi connectivity index (χ1) is 7.24. The normalized spacial score (nSPS) is 18.5. The monoisotopic (exact) mass is 315 g/mol. The molecule has 0 spiro atoms. The number of nitrogens with one attached hydrogen (secondary N) is 1. The van der Waals surface area contributed by atoms with Crippen LogP contribution < -0.4 is 5.32 Å². The van der Waals surface area contributed by atoms with Gasteiger partial charge in [0.15, 0.2) is 0 Å². The molecule has 2 rings (SSSR count). The fourth-order valence-electron chi connectivity index (χ4n) is 2.43. The zero-order valence-corrected chi connectivity index (χ0v) is 11.4. The largest absolute Gasteiger partial charge is 0.316 e. The summed E-state index contributed by atoms with van der Waals surface area (Å²) in [7, 11) is 0. The van der Waals surface area contributed by atoms with Gasteiger partial charge in [0, 0.05) is 16.7 Å². The lowest BCUT2D eigenvalue weighted by molar-refractivity contribution is 0.151. The van der Waals surface area contributed by atoms with E-state index < -0.39 is 0 Å². The Hall–Kier alpha value is -0.0900. The zero-order valence-electron chi connectivity index (χ0n) is 9.22. The molecular formula is C13H18IN. The van der Waals surface area contributed by atoms with Crippen LogP contribution in [0.2, 0.25) is 0 Å². The molecule has 0 bridgehead atoms. The third-order valence-electron chi connectivity index (χ3n) is 3.27. The summed E-state index contributed by atoms with van der Waals surface area (Å²) in [6.45, 7) is 4.69. The van der Waals surface area contributed by atoms with Gasteiger partial charge in [0.1, 0.15) is 0 Å². The SMILES string of the molecule is CCCC1(Cc2ccc(I)cc2)CNC1. The molecule has 1 aliphatic heterocycles. The molecule has 2 heteroatoms. The molecule has 1 nitrogen and oxygen atoms in total. The lowest BCUT2D eigenvalue weighted by Gasteiger charge is -2.43. The summed E-state index contributed by atoms with van der Waals surface area (Å²) < 4.78 is 1.33. The fraction of sp³-hybridized carbons (Fsp3) is 0.538. The molecule has 1 saturated heterocycles. The van der Waals surface area contributed by atoms with Crippen molar-refractivity contribution in [3.63, 3.8) is 0 Å². The molecular weight excluding hydrogens is 297 g/mol. The summed E-state index contributed by atoms with van der Waals surface area (Å²) >= 11 is 2.36. The van der Waals surface area contributed by atoms with Crippen molar-refractivity contribution in [1.29, 1.82) is 0 Å². The number of rotatable bonds is 4. The topological polar surface area (TPSA) is 12.0 Å². The molecule has 1 aromatic rings. The number of benzene rings is 1. The van der Waals surface area contributed by atoms with Gasteiger partial charge in [-0.15, -0.1) is 0 Å². The van der Waals surface area contributed by atoms with Gasteiger partial charge in [-0.05, 0) is 58.5 Å². The molecule has 0 amide bonds. The first-order valence-electron chi connectivity index (χ1n) is 5.69. The molecule has 1 aromatic carbocycles. The van der Waals surface area contributed by atoms with Gasteiger partial charge in [-0.25, -0.2) is 0 Å². The van der Waals surface area contributed by atoms with Gasteiger partial charge >= 0.3 is 0 Å². The minimum Gasteiger partial charge on any atom is -0.316 e. The Balaban J connectivity index is 2.03. The van der Waals surface area contributed by atoms with Crippen LogP contribution in [0.5, 0.6) is 0 Å². The smallest absolute Gasteiger partial charge is 0.0130 e. The van der Waals surface area contributed by atoms with Gasteiger partial charge in [0.05, 0.1) is 0 Å². The molecule has 0 aromatic heterocycles. The Kier molecular flexibility index (Phi) is 3.67. The van der Waals surface area contributed by atoms with E-state index in [-0.39, 0.29) is 0 Å². The van der Waals surface area contributed by atoms with Crippen LogP contribution in [-0.4, -0.2) is 13.1 Å². The molecule has 0 aliphatic carbocycles. The lowest BCUT2D eigenvalue weighted by Crippen LogP contribution is -2.54. The minimum atomic E-state index is 0.557. The van der Waals surface area contributed by atoms with E-state index >= 15 is 0 Å². The summed E-state index contributed by atoms with van der Waals surface area (Å²) in [6.07, 6.45) is 3.89. The van der Waals surface area contributed by atoms with Crippen LogP contribution in [-0.2, 0) is 6.42 Å². The standard InChI is InChI=1S/C13H18IN/c1-2-7-13(9-15-10-13)8-11-3-5-12(14)6-4-11/h3-6,15H,2,7-10H2,1H3. The highest BCUT2D eigenvalue weighted by Gasteiger charge is 2.35. The van der Waals surface area contributed by atoms with Crippen molar-refractivity contribution < 1.29 is 0 Å². The van der Waals surface area contributed by atoms with Gasteiger partial charge in [0.25, 0.3) is 0 Å². The van der Waals surface area contributed by atoms with Crippen LogP contribution in [0.1, 0.15) is 25.3 Å². The number of hydrogen-bond donors (Lipinski definition) is 1. The van der Waals surface area contributed by atoms with Crippen molar-refractivity contribution in [1.82, 2.24) is 5.32 Å². The van der Waals surface area contributed by atoms with Crippen molar-refractivity contribution in [3.8, 4) is 0 Å². The molecule has 1 aliphatic rings. The Bertz CT molecular complexity index is 314. The van der Waals surface area contributed by atoms with E-state index in [2.05, 4.69) is 59.1 Å². The summed E-state index contributed by atoms with van der Waals surface area (Å²) in [5, 5.41) is 3.42. The van der Waals surface area contributed by atoms with Gasteiger partial charge < -0.3 is 5.32 Å². The van der Waals surface area contributed by atoms with E-state index in [0.29, 0.717) is 5.41 Å². The maximum absolute atomic E-state index is 3.42. The molecule has 0 radical (unpaired) electrons. The maximum atomic E-state index is 3.42. The van der Waals surface area contributed by atoms with Crippen LogP contribution in [0.25, 0.3) is 0 Å². The maximum Gasteiger partial charge on any atom is 0.0130 e. The molecule has 1 N–H and O–H groups in total. The Morgan fingerprint density at radius 2 is 1.93 bits per heavy atom. The first kappa shape index (κ1) is 11.4. The van der Waals surface area contributed by atoms with Crippen molar-refractivity contribution in [3.05, 3.63) is 33.4 Å². The van der Waals surface area contributed by atoms with E-state index in [0.717, 1.165) is 0 Å². The van der Waals surface area contributed by atoms with Gasteiger partial charge in [0.2, 0.25) is 0 Å². The summed E-state index contributed by atoms with van der Waals surface area (Å²) in [5.74, 6) is 0. The second kappa shape index (κ2) is 4.83. The lowest BCUT2D eigenvalue weighted by atomic mass is 9.73. The Labute approximate surface area is 106 Å². The number of halogens is 1. The third-order valence-corrected chi connectivity index (χ3v) is 3.99. The zero-order chi connectivity index (χ0) is 10.7. The van der Waals surface area contributed by atoms with Crippen molar-refractivity contribution in [2.75, 3.05) is 13.1 Å². The van der Waals surface area contributed by atoms with Crippen molar-refractivity contribution in [2.24, 2.45) is 5.41 Å². The highest BCUT2D eigenvalue weighted by Crippen LogP contribution is 2.32. The fourth-order valence-corrected chi connectivity index (χ4v) is 2.79. The van der Waals surface area contributed by atoms with Gasteiger partial charge in [-0.3, -0.25) is 0 Å². The van der Waals surface area contributed by atoms with Crippen LogP contribution in [0.3, 0.4) is 0 Å². The Morgan fingerprint density at radius 3 is 2.40 bits per heavy atom. The third kappa shape index (κ3) is 2.72. The average Bonchev–Trinajstić information content (AvgIpc) is 2.18. The van der Waals surface area contributed by atoms with Crippen LogP contribution in [0.15, 0.2) is 24.3 Å². The van der Waals surface area contributed by atoms with E-state index in [1.165, 1.54) is 41.5 Å². The summed E-state index contributed by atoms with van der Waals surface area (Å²) in [6, 6.07) is 8.97. The quantitative estimate of drug-likeness (QED) is 0.841. The molecule has 82 valence electrons. The average molecular weight is 315 g/mol. The van der Waals surface area contributed by atoms with E-state index in [1.54, 1.807) is 0 Å². The first-order valence-corrected chi connectivity index (χ1v) is 6.77. The van der Waals surface area contributed by atoms with Gasteiger partial charge in [-0.2, -0.15) is 0 Å². The molecule has 1 heterocycles. The predicted molar refractivity (Wildman–Crippen MR) is 73.1 cm³/mol. The van der Waals surface area contributed by atoms with E-state index in [9.17, 15) is 0 Å². The molecule has 0 unspecified atom stereocenters. The Morgan fingerprint density at radius 1 is 1.27 bits per heavy atom. The highest BCUT2D eigenvalue weighted by molar-refractivity contribution is 14.1. The number of hydrogen-bond acceptors (Lipinski definition) is 1. The molecule has 1 fully saturated rings. The van der Waals surface area contributed by atoms with Crippen molar-refractivity contribution in [2.45, 2.75) is 26.2 Å². The van der Waals surface area contributed by atoms with E-state index in [4.69, 9.17) is 0 Å². The highest BCUT2D eigenvalue weighted by atomic mass is 127. The summed E-state index contributed by atoms with van der Waals surface area (Å²) in [5.41, 5.74) is 2.05. The van der Waals surface area contributed by atoms with E-state index in [1.807, 2.05) is 0 Å². The minimum absolute atomic E-state index is 0.557. The second-order valence-corrected chi connectivity index (χ2v) is 5.90. The van der Waals surface area contributed by atoms with Crippen LogP contribution >= 0.6 is 22.6 Å². The predicted octanol–water partition coefficient (Wildman–Crippen LogP) is 3.22. The van der Waals surface area contributed by atoms with Crippen molar-refractivity contribution >= 4 is 22.6 Å². The second-order valence-electron chi connectivity index (χ2n) is 4.66. The molecule has 15 heavy (non-hydrogen) atoms. The summed E-state index contributed by atoms with van der Waals surface area (Å²) in [4.78, 5) is 0.